The molecule has 0 atom stereocenters. The average Bonchev–Trinajstić information content (AvgIpc) is 2.78. The number of ketones is 1. The van der Waals surface area contributed by atoms with Gasteiger partial charge in [0, 0.05) is 6.42 Å². The van der Waals surface area contributed by atoms with E-state index in [0.717, 1.165) is 37.0 Å². The molecule has 0 saturated heterocycles. The highest BCUT2D eigenvalue weighted by atomic mass is 16.5. The van der Waals surface area contributed by atoms with Gasteiger partial charge in [0.05, 0.1) is 25.4 Å². The molecule has 4 heteroatoms. The molecule has 2 aromatic carbocycles. The summed E-state index contributed by atoms with van der Waals surface area (Å²) < 4.78 is 17.5. The Balaban J connectivity index is 2.19. The minimum absolute atomic E-state index is 0.0615. The molecule has 0 amide bonds. The summed E-state index contributed by atoms with van der Waals surface area (Å²) in [6, 6.07) is 11.8. The average molecular weight is 413 g/mol. The van der Waals surface area contributed by atoms with E-state index in [0.29, 0.717) is 49.7 Å². The van der Waals surface area contributed by atoms with Crippen molar-refractivity contribution in [2.75, 3.05) is 19.8 Å². The number of aryl methyl sites for hydroxylation is 2. The zero-order chi connectivity index (χ0) is 21.8. The van der Waals surface area contributed by atoms with Crippen LogP contribution in [0, 0.1) is 0 Å². The molecule has 30 heavy (non-hydrogen) atoms. The lowest BCUT2D eigenvalue weighted by molar-refractivity contribution is 0.0978. The fourth-order valence-electron chi connectivity index (χ4n) is 3.16. The van der Waals surface area contributed by atoms with E-state index in [4.69, 9.17) is 14.2 Å². The van der Waals surface area contributed by atoms with Gasteiger partial charge in [-0.2, -0.15) is 0 Å². The third kappa shape index (κ3) is 7.08. The maximum absolute atomic E-state index is 13.1. The zero-order valence-corrected chi connectivity index (χ0v) is 19.0. The molecular weight excluding hydrogens is 376 g/mol. The Morgan fingerprint density at radius 2 is 1.40 bits per heavy atom. The van der Waals surface area contributed by atoms with Gasteiger partial charge in [0.2, 0.25) is 0 Å². The lowest BCUT2D eigenvalue weighted by Gasteiger charge is -2.14. The number of rotatable bonds is 14. The number of carbonyl (C=O) groups is 1. The second-order valence-electron chi connectivity index (χ2n) is 7.42. The number of ether oxygens (including phenoxy) is 3. The van der Waals surface area contributed by atoms with Crippen molar-refractivity contribution in [3.05, 3.63) is 53.1 Å². The van der Waals surface area contributed by atoms with Crippen molar-refractivity contribution >= 4 is 5.78 Å². The summed E-state index contributed by atoms with van der Waals surface area (Å²) in [6.45, 7) is 10.2. The van der Waals surface area contributed by atoms with Crippen molar-refractivity contribution in [3.8, 4) is 17.2 Å². The van der Waals surface area contributed by atoms with Gasteiger partial charge in [-0.3, -0.25) is 4.79 Å². The van der Waals surface area contributed by atoms with E-state index in [2.05, 4.69) is 39.8 Å². The quantitative estimate of drug-likeness (QED) is 0.335. The van der Waals surface area contributed by atoms with Crippen LogP contribution in [-0.2, 0) is 12.8 Å². The predicted molar refractivity (Wildman–Crippen MR) is 122 cm³/mol. The monoisotopic (exact) mass is 412 g/mol. The van der Waals surface area contributed by atoms with Crippen LogP contribution in [0.2, 0.25) is 0 Å². The minimum atomic E-state index is 0.0615. The molecule has 0 spiro atoms. The molecule has 2 rings (SSSR count). The molecule has 0 fully saturated rings. The van der Waals surface area contributed by atoms with Gasteiger partial charge in [-0.05, 0) is 67.5 Å². The second-order valence-corrected chi connectivity index (χ2v) is 7.42. The Hall–Kier alpha value is -2.49. The standard InChI is InChI=1S/C26H36O4/c1-5-15-28-22-11-14-26(30-17-7-3)23(19-22)24(27)12-10-21-18-20(8-4)9-13-25(21)29-16-6-2/h9,11,13-14,18-19H,5-8,10,12,15-17H2,1-4H3. The largest absolute Gasteiger partial charge is 0.494 e. The van der Waals surface area contributed by atoms with E-state index in [1.165, 1.54) is 5.56 Å². The van der Waals surface area contributed by atoms with Crippen molar-refractivity contribution < 1.29 is 19.0 Å². The van der Waals surface area contributed by atoms with Gasteiger partial charge in [-0.1, -0.05) is 39.8 Å². The molecule has 4 nitrogen and oxygen atoms in total. The molecule has 0 radical (unpaired) electrons. The van der Waals surface area contributed by atoms with Gasteiger partial charge in [0.1, 0.15) is 17.2 Å². The highest BCUT2D eigenvalue weighted by Gasteiger charge is 2.16. The summed E-state index contributed by atoms with van der Waals surface area (Å²) in [4.78, 5) is 13.1. The van der Waals surface area contributed by atoms with Gasteiger partial charge in [-0.15, -0.1) is 0 Å². The number of carbonyl (C=O) groups excluding carboxylic acids is 1. The smallest absolute Gasteiger partial charge is 0.167 e. The van der Waals surface area contributed by atoms with Gasteiger partial charge in [0.25, 0.3) is 0 Å². The SMILES string of the molecule is CCCOc1ccc(OCCC)c(C(=O)CCc2cc(CC)ccc2OCCC)c1. The van der Waals surface area contributed by atoms with E-state index in [9.17, 15) is 4.79 Å². The van der Waals surface area contributed by atoms with Crippen LogP contribution in [0.4, 0.5) is 0 Å². The summed E-state index contributed by atoms with van der Waals surface area (Å²) in [5.74, 6) is 2.29. The molecule has 164 valence electrons. The van der Waals surface area contributed by atoms with Crippen LogP contribution >= 0.6 is 0 Å². The molecule has 0 N–H and O–H groups in total. The summed E-state index contributed by atoms with van der Waals surface area (Å²) in [5, 5.41) is 0. The molecule has 0 bridgehead atoms. The molecule has 0 aliphatic rings. The first-order valence-electron chi connectivity index (χ1n) is 11.3. The highest BCUT2D eigenvalue weighted by Crippen LogP contribution is 2.28. The van der Waals surface area contributed by atoms with Crippen molar-refractivity contribution in [3.63, 3.8) is 0 Å². The van der Waals surface area contributed by atoms with Gasteiger partial charge in [-0.25, -0.2) is 0 Å². The Morgan fingerprint density at radius 3 is 2.07 bits per heavy atom. The predicted octanol–water partition coefficient (Wildman–Crippen LogP) is 6.43. The van der Waals surface area contributed by atoms with E-state index in [1.807, 2.05) is 24.3 Å². The van der Waals surface area contributed by atoms with E-state index >= 15 is 0 Å². The third-order valence-corrected chi connectivity index (χ3v) is 4.80. The third-order valence-electron chi connectivity index (χ3n) is 4.80. The fourth-order valence-corrected chi connectivity index (χ4v) is 3.16. The van der Waals surface area contributed by atoms with Crippen LogP contribution in [0.1, 0.15) is 74.9 Å². The van der Waals surface area contributed by atoms with Crippen molar-refractivity contribution in [2.24, 2.45) is 0 Å². The second kappa shape index (κ2) is 12.9. The number of benzene rings is 2. The normalized spacial score (nSPS) is 10.7. The first-order chi connectivity index (χ1) is 14.6. The fraction of sp³-hybridized carbons (Fsp3) is 0.500. The highest BCUT2D eigenvalue weighted by molar-refractivity contribution is 5.99. The summed E-state index contributed by atoms with van der Waals surface area (Å²) in [6.07, 6.45) is 4.76. The van der Waals surface area contributed by atoms with Crippen molar-refractivity contribution in [1.29, 1.82) is 0 Å². The molecule has 0 unspecified atom stereocenters. The van der Waals surface area contributed by atoms with Gasteiger partial charge >= 0.3 is 0 Å². The van der Waals surface area contributed by atoms with Crippen LogP contribution in [0.15, 0.2) is 36.4 Å². The van der Waals surface area contributed by atoms with Crippen LogP contribution in [0.5, 0.6) is 17.2 Å². The summed E-state index contributed by atoms with van der Waals surface area (Å²) in [7, 11) is 0. The molecular formula is C26H36O4. The summed E-state index contributed by atoms with van der Waals surface area (Å²) >= 11 is 0. The van der Waals surface area contributed by atoms with E-state index < -0.39 is 0 Å². The lowest BCUT2D eigenvalue weighted by Crippen LogP contribution is -2.08. The topological polar surface area (TPSA) is 44.8 Å². The van der Waals surface area contributed by atoms with Crippen LogP contribution in [0.25, 0.3) is 0 Å². The summed E-state index contributed by atoms with van der Waals surface area (Å²) in [5.41, 5.74) is 2.94. The molecule has 0 heterocycles. The molecule has 0 aromatic heterocycles. The van der Waals surface area contributed by atoms with E-state index in [1.54, 1.807) is 0 Å². The zero-order valence-electron chi connectivity index (χ0n) is 19.0. The number of Topliss-reactive ketones (excluding diaryl/α,β-unsaturated/α-hetero) is 1. The van der Waals surface area contributed by atoms with Crippen LogP contribution < -0.4 is 14.2 Å². The van der Waals surface area contributed by atoms with E-state index in [-0.39, 0.29) is 5.78 Å². The maximum Gasteiger partial charge on any atom is 0.167 e. The molecule has 2 aromatic rings. The molecule has 0 aliphatic heterocycles. The van der Waals surface area contributed by atoms with Gasteiger partial charge in [0.15, 0.2) is 5.78 Å². The maximum atomic E-state index is 13.1. The first kappa shape index (κ1) is 23.8. The Bertz CT molecular complexity index is 798. The molecule has 0 aliphatic carbocycles. The van der Waals surface area contributed by atoms with Crippen molar-refractivity contribution in [2.45, 2.75) is 66.2 Å². The number of hydrogen-bond donors (Lipinski definition) is 0. The Kier molecular flexibility index (Phi) is 10.3. The van der Waals surface area contributed by atoms with Crippen LogP contribution in [0.3, 0.4) is 0 Å². The lowest BCUT2D eigenvalue weighted by atomic mass is 9.99. The number of hydrogen-bond acceptors (Lipinski definition) is 4. The van der Waals surface area contributed by atoms with Gasteiger partial charge < -0.3 is 14.2 Å². The van der Waals surface area contributed by atoms with Crippen LogP contribution in [-0.4, -0.2) is 25.6 Å². The minimum Gasteiger partial charge on any atom is -0.494 e. The molecule has 0 saturated carbocycles. The Labute approximate surface area is 181 Å². The Morgan fingerprint density at radius 1 is 0.767 bits per heavy atom. The first-order valence-corrected chi connectivity index (χ1v) is 11.3. The van der Waals surface area contributed by atoms with Crippen molar-refractivity contribution in [1.82, 2.24) is 0 Å².